The van der Waals surface area contributed by atoms with Crippen LogP contribution in [0.25, 0.3) is 0 Å². The second-order valence-electron chi connectivity index (χ2n) is 4.03. The molecule has 22 heavy (non-hydrogen) atoms. The van der Waals surface area contributed by atoms with Gasteiger partial charge in [0.25, 0.3) is 0 Å². The molecule has 0 aliphatic heterocycles. The molecule has 0 fully saturated rings. The number of aromatic nitrogens is 2. The highest BCUT2D eigenvalue weighted by atomic mass is 79.9. The molecule has 0 bridgehead atoms. The fourth-order valence-electron chi connectivity index (χ4n) is 1.56. The summed E-state index contributed by atoms with van der Waals surface area (Å²) in [4.78, 5) is 19.7. The summed E-state index contributed by atoms with van der Waals surface area (Å²) in [7, 11) is 1.34. The third-order valence-electron chi connectivity index (χ3n) is 2.57. The highest BCUT2D eigenvalue weighted by molar-refractivity contribution is 9.10. The average molecular weight is 362 g/mol. The lowest BCUT2D eigenvalue weighted by molar-refractivity contribution is 0.0601. The van der Waals surface area contributed by atoms with E-state index in [0.29, 0.717) is 21.9 Å². The van der Waals surface area contributed by atoms with Crippen LogP contribution in [0.3, 0.4) is 0 Å². The zero-order valence-electron chi connectivity index (χ0n) is 11.7. The number of terminal acetylenes is 1. The van der Waals surface area contributed by atoms with E-state index in [1.54, 1.807) is 30.5 Å². The Balaban J connectivity index is 2.13. The summed E-state index contributed by atoms with van der Waals surface area (Å²) >= 11 is 3.28. The topological polar surface area (TPSA) is 73.3 Å². The quantitative estimate of drug-likeness (QED) is 0.651. The lowest BCUT2D eigenvalue weighted by Crippen LogP contribution is -2.03. The summed E-state index contributed by atoms with van der Waals surface area (Å²) in [5.41, 5.74) is 1.18. The maximum atomic E-state index is 11.4. The highest BCUT2D eigenvalue weighted by Crippen LogP contribution is 2.24. The molecule has 6 nitrogen and oxygen atoms in total. The molecule has 0 spiro atoms. The van der Waals surface area contributed by atoms with Crippen molar-refractivity contribution in [2.45, 2.75) is 0 Å². The minimum absolute atomic E-state index is 0.114. The maximum absolute atomic E-state index is 11.4. The number of carbonyl (C=O) groups excluding carboxylic acids is 1. The molecule has 0 atom stereocenters. The molecule has 2 rings (SSSR count). The molecular formula is C15H12BrN3O3. The van der Waals surface area contributed by atoms with E-state index in [0.717, 1.165) is 5.69 Å². The van der Waals surface area contributed by atoms with Crippen molar-refractivity contribution in [1.29, 1.82) is 0 Å². The maximum Gasteiger partial charge on any atom is 0.337 e. The van der Waals surface area contributed by atoms with Gasteiger partial charge >= 0.3 is 5.97 Å². The predicted molar refractivity (Wildman–Crippen MR) is 85.1 cm³/mol. The van der Waals surface area contributed by atoms with Crippen LogP contribution in [0.2, 0.25) is 0 Å². The minimum Gasteiger partial charge on any atom is -0.465 e. The monoisotopic (exact) mass is 361 g/mol. The Morgan fingerprint density at radius 3 is 2.77 bits per heavy atom. The number of anilines is 2. The van der Waals surface area contributed by atoms with Gasteiger partial charge in [-0.3, -0.25) is 0 Å². The zero-order valence-corrected chi connectivity index (χ0v) is 13.3. The molecule has 1 heterocycles. The fraction of sp³-hybridized carbons (Fsp3) is 0.133. The Hall–Kier alpha value is -2.59. The third kappa shape index (κ3) is 3.96. The summed E-state index contributed by atoms with van der Waals surface area (Å²) in [6.07, 6.45) is 6.71. The van der Waals surface area contributed by atoms with Gasteiger partial charge in [-0.2, -0.15) is 4.98 Å². The summed E-state index contributed by atoms with van der Waals surface area (Å²) in [6, 6.07) is 6.73. The molecule has 0 amide bonds. The SMILES string of the molecule is C#CCOc1nc(Nc2ccc(C(=O)OC)cc2)ncc1Br. The van der Waals surface area contributed by atoms with Gasteiger partial charge < -0.3 is 14.8 Å². The largest absolute Gasteiger partial charge is 0.465 e. The van der Waals surface area contributed by atoms with Crippen LogP contribution in [-0.4, -0.2) is 29.7 Å². The standard InChI is InChI=1S/C15H12BrN3O3/c1-3-8-22-13-12(16)9-17-15(19-13)18-11-6-4-10(5-7-11)14(20)21-2/h1,4-7,9H,8H2,2H3,(H,17,18,19). The van der Waals surface area contributed by atoms with Crippen molar-refractivity contribution in [3.05, 3.63) is 40.5 Å². The minimum atomic E-state index is -0.392. The Bertz CT molecular complexity index is 711. The van der Waals surface area contributed by atoms with E-state index in [-0.39, 0.29) is 6.61 Å². The van der Waals surface area contributed by atoms with E-state index < -0.39 is 5.97 Å². The van der Waals surface area contributed by atoms with Gasteiger partial charge in [0.2, 0.25) is 11.8 Å². The molecule has 112 valence electrons. The highest BCUT2D eigenvalue weighted by Gasteiger charge is 2.08. The normalized spacial score (nSPS) is 9.68. The first kappa shape index (κ1) is 15.8. The number of nitrogens with one attached hydrogen (secondary N) is 1. The number of hydrogen-bond donors (Lipinski definition) is 1. The van der Waals surface area contributed by atoms with Crippen LogP contribution >= 0.6 is 15.9 Å². The van der Waals surface area contributed by atoms with Gasteiger partial charge in [0.05, 0.1) is 23.3 Å². The first-order valence-electron chi connectivity index (χ1n) is 6.18. The van der Waals surface area contributed by atoms with E-state index in [9.17, 15) is 4.79 Å². The third-order valence-corrected chi connectivity index (χ3v) is 3.11. The lowest BCUT2D eigenvalue weighted by atomic mass is 10.2. The van der Waals surface area contributed by atoms with Crippen LogP contribution in [0.5, 0.6) is 5.88 Å². The van der Waals surface area contributed by atoms with Crippen LogP contribution < -0.4 is 10.1 Å². The van der Waals surface area contributed by atoms with Crippen molar-refractivity contribution >= 4 is 33.5 Å². The van der Waals surface area contributed by atoms with Gasteiger partial charge in [0.15, 0.2) is 6.61 Å². The Kier molecular flexibility index (Phi) is 5.33. The number of carbonyl (C=O) groups is 1. The fourth-order valence-corrected chi connectivity index (χ4v) is 1.87. The Morgan fingerprint density at radius 2 is 2.14 bits per heavy atom. The number of nitrogens with zero attached hydrogens (tertiary/aromatic N) is 2. The van der Waals surface area contributed by atoms with Crippen LogP contribution in [-0.2, 0) is 4.74 Å². The lowest BCUT2D eigenvalue weighted by Gasteiger charge is -2.08. The molecule has 2 aromatic rings. The van der Waals surface area contributed by atoms with E-state index in [1.165, 1.54) is 7.11 Å². The molecule has 0 aliphatic rings. The molecule has 7 heteroatoms. The number of benzene rings is 1. The van der Waals surface area contributed by atoms with Crippen molar-refractivity contribution in [1.82, 2.24) is 9.97 Å². The van der Waals surface area contributed by atoms with E-state index in [4.69, 9.17) is 11.2 Å². The van der Waals surface area contributed by atoms with Gasteiger partial charge in [0, 0.05) is 5.69 Å². The predicted octanol–water partition coefficient (Wildman–Crippen LogP) is 2.78. The van der Waals surface area contributed by atoms with Crippen LogP contribution in [0, 0.1) is 12.3 Å². The second-order valence-corrected chi connectivity index (χ2v) is 4.89. The van der Waals surface area contributed by atoms with Gasteiger partial charge in [-0.25, -0.2) is 9.78 Å². The van der Waals surface area contributed by atoms with Gasteiger partial charge in [-0.05, 0) is 40.2 Å². The molecule has 1 N–H and O–H groups in total. The first-order chi connectivity index (χ1) is 10.6. The molecule has 0 saturated carbocycles. The second kappa shape index (κ2) is 7.43. The summed E-state index contributed by atoms with van der Waals surface area (Å²) in [5, 5.41) is 3.01. The molecule has 0 radical (unpaired) electrons. The summed E-state index contributed by atoms with van der Waals surface area (Å²) in [5.74, 6) is 2.67. The first-order valence-corrected chi connectivity index (χ1v) is 6.97. The van der Waals surface area contributed by atoms with E-state index in [1.807, 2.05) is 0 Å². The Labute approximate surface area is 136 Å². The molecule has 1 aromatic heterocycles. The number of halogens is 1. The smallest absolute Gasteiger partial charge is 0.337 e. The van der Waals surface area contributed by atoms with Crippen LogP contribution in [0.4, 0.5) is 11.6 Å². The van der Waals surface area contributed by atoms with Crippen molar-refractivity contribution in [3.8, 4) is 18.2 Å². The number of methoxy groups -OCH3 is 1. The van der Waals surface area contributed by atoms with Crippen molar-refractivity contribution < 1.29 is 14.3 Å². The van der Waals surface area contributed by atoms with Crippen LogP contribution in [0.1, 0.15) is 10.4 Å². The Morgan fingerprint density at radius 1 is 1.41 bits per heavy atom. The summed E-state index contributed by atoms with van der Waals surface area (Å²) in [6.45, 7) is 0.114. The van der Waals surface area contributed by atoms with Gasteiger partial charge in [0.1, 0.15) is 0 Å². The number of hydrogen-bond acceptors (Lipinski definition) is 6. The molecule has 0 aliphatic carbocycles. The van der Waals surface area contributed by atoms with Gasteiger partial charge in [-0.1, -0.05) is 5.92 Å². The molecular weight excluding hydrogens is 350 g/mol. The average Bonchev–Trinajstić information content (AvgIpc) is 2.55. The van der Waals surface area contributed by atoms with Crippen molar-refractivity contribution in [2.24, 2.45) is 0 Å². The zero-order chi connectivity index (χ0) is 15.9. The van der Waals surface area contributed by atoms with Gasteiger partial charge in [-0.15, -0.1) is 6.42 Å². The van der Waals surface area contributed by atoms with E-state index >= 15 is 0 Å². The molecule has 1 aromatic carbocycles. The van der Waals surface area contributed by atoms with Crippen molar-refractivity contribution in [2.75, 3.05) is 19.0 Å². The van der Waals surface area contributed by atoms with Crippen molar-refractivity contribution in [3.63, 3.8) is 0 Å². The number of rotatable bonds is 5. The number of ether oxygens (including phenoxy) is 2. The molecule has 0 unspecified atom stereocenters. The van der Waals surface area contributed by atoms with E-state index in [2.05, 4.69) is 41.9 Å². The molecule has 0 saturated heterocycles. The van der Waals surface area contributed by atoms with Crippen LogP contribution in [0.15, 0.2) is 34.9 Å². The summed E-state index contributed by atoms with van der Waals surface area (Å²) < 4.78 is 10.5. The number of esters is 1.